The van der Waals surface area contributed by atoms with Gasteiger partial charge < -0.3 is 9.47 Å². The average molecular weight is 229 g/mol. The second-order valence-electron chi connectivity index (χ2n) is 3.29. The summed E-state index contributed by atoms with van der Waals surface area (Å²) in [6.45, 7) is 0. The molecule has 0 saturated heterocycles. The van der Waals surface area contributed by atoms with Crippen molar-refractivity contribution in [1.29, 1.82) is 0 Å². The van der Waals surface area contributed by atoms with E-state index in [-0.39, 0.29) is 5.69 Å². The third kappa shape index (κ3) is 2.81. The SMILES string of the molecule is COC(=O)c1ccc(Oc2ccccc2)cn1. The molecule has 0 saturated carbocycles. The van der Waals surface area contributed by atoms with Crippen LogP contribution in [0, 0.1) is 0 Å². The molecule has 0 bridgehead atoms. The van der Waals surface area contributed by atoms with E-state index in [9.17, 15) is 4.79 Å². The number of nitrogens with zero attached hydrogens (tertiary/aromatic N) is 1. The van der Waals surface area contributed by atoms with Crippen molar-refractivity contribution in [3.05, 3.63) is 54.4 Å². The number of aromatic nitrogens is 1. The molecule has 1 aromatic heterocycles. The number of carbonyl (C=O) groups excluding carboxylic acids is 1. The van der Waals surface area contributed by atoms with Crippen LogP contribution in [0.1, 0.15) is 10.5 Å². The van der Waals surface area contributed by atoms with Crippen LogP contribution >= 0.6 is 0 Å². The van der Waals surface area contributed by atoms with Crippen LogP contribution in [0.4, 0.5) is 0 Å². The number of hydrogen-bond acceptors (Lipinski definition) is 4. The minimum Gasteiger partial charge on any atom is -0.464 e. The summed E-state index contributed by atoms with van der Waals surface area (Å²) in [5.74, 6) is 0.834. The van der Waals surface area contributed by atoms with Crippen LogP contribution in [0.2, 0.25) is 0 Å². The number of ether oxygens (including phenoxy) is 2. The van der Waals surface area contributed by atoms with Crippen molar-refractivity contribution >= 4 is 5.97 Å². The predicted molar refractivity (Wildman–Crippen MR) is 62.1 cm³/mol. The Morgan fingerprint density at radius 1 is 1.06 bits per heavy atom. The molecule has 0 fully saturated rings. The first kappa shape index (κ1) is 11.1. The second-order valence-corrected chi connectivity index (χ2v) is 3.29. The molecule has 4 nitrogen and oxygen atoms in total. The Kier molecular flexibility index (Phi) is 3.35. The van der Waals surface area contributed by atoms with Gasteiger partial charge in [-0.1, -0.05) is 18.2 Å². The number of hydrogen-bond donors (Lipinski definition) is 0. The molecule has 86 valence electrons. The molecule has 0 aliphatic carbocycles. The summed E-state index contributed by atoms with van der Waals surface area (Å²) in [6, 6.07) is 12.6. The first-order valence-corrected chi connectivity index (χ1v) is 5.07. The highest BCUT2D eigenvalue weighted by Gasteiger charge is 2.06. The summed E-state index contributed by atoms with van der Waals surface area (Å²) < 4.78 is 10.1. The van der Waals surface area contributed by atoms with Gasteiger partial charge in [-0.25, -0.2) is 9.78 Å². The highest BCUT2D eigenvalue weighted by molar-refractivity contribution is 5.87. The number of rotatable bonds is 3. The van der Waals surface area contributed by atoms with E-state index in [1.807, 2.05) is 30.3 Å². The van der Waals surface area contributed by atoms with Crippen molar-refractivity contribution in [2.45, 2.75) is 0 Å². The van der Waals surface area contributed by atoms with E-state index in [2.05, 4.69) is 9.72 Å². The minimum absolute atomic E-state index is 0.257. The molecule has 0 aliphatic rings. The lowest BCUT2D eigenvalue weighted by Gasteiger charge is -2.05. The van der Waals surface area contributed by atoms with Gasteiger partial charge in [-0.2, -0.15) is 0 Å². The topological polar surface area (TPSA) is 48.4 Å². The monoisotopic (exact) mass is 229 g/mol. The second kappa shape index (κ2) is 5.12. The van der Waals surface area contributed by atoms with Crippen molar-refractivity contribution < 1.29 is 14.3 Å². The Hall–Kier alpha value is -2.36. The van der Waals surface area contributed by atoms with E-state index < -0.39 is 5.97 Å². The fraction of sp³-hybridized carbons (Fsp3) is 0.0769. The molecule has 4 heteroatoms. The normalized spacial score (nSPS) is 9.71. The lowest BCUT2D eigenvalue weighted by Crippen LogP contribution is -2.03. The maximum Gasteiger partial charge on any atom is 0.356 e. The first-order valence-electron chi connectivity index (χ1n) is 5.07. The molecular formula is C13H11NO3. The smallest absolute Gasteiger partial charge is 0.356 e. The molecule has 1 heterocycles. The Morgan fingerprint density at radius 2 is 1.82 bits per heavy atom. The molecule has 2 rings (SSSR count). The summed E-state index contributed by atoms with van der Waals surface area (Å²) in [6.07, 6.45) is 1.49. The summed E-state index contributed by atoms with van der Waals surface area (Å²) in [4.78, 5) is 15.1. The van der Waals surface area contributed by atoms with Crippen molar-refractivity contribution in [3.63, 3.8) is 0 Å². The van der Waals surface area contributed by atoms with Gasteiger partial charge in [0.05, 0.1) is 13.3 Å². The third-order valence-electron chi connectivity index (χ3n) is 2.11. The van der Waals surface area contributed by atoms with Crippen LogP contribution in [0.15, 0.2) is 48.7 Å². The zero-order chi connectivity index (χ0) is 12.1. The number of pyridine rings is 1. The van der Waals surface area contributed by atoms with Crippen molar-refractivity contribution in [2.75, 3.05) is 7.11 Å². The summed E-state index contributed by atoms with van der Waals surface area (Å²) in [5.41, 5.74) is 0.257. The maximum absolute atomic E-state index is 11.2. The van der Waals surface area contributed by atoms with E-state index in [1.165, 1.54) is 13.3 Å². The average Bonchev–Trinajstić information content (AvgIpc) is 2.40. The number of benzene rings is 1. The molecule has 2 aromatic rings. The zero-order valence-electron chi connectivity index (χ0n) is 9.29. The molecule has 0 aliphatic heterocycles. The molecule has 0 amide bonds. The zero-order valence-corrected chi connectivity index (χ0v) is 9.29. The summed E-state index contributed by atoms with van der Waals surface area (Å²) in [5, 5.41) is 0. The predicted octanol–water partition coefficient (Wildman–Crippen LogP) is 2.66. The van der Waals surface area contributed by atoms with Gasteiger partial charge in [0.1, 0.15) is 17.2 Å². The molecular weight excluding hydrogens is 218 g/mol. The van der Waals surface area contributed by atoms with Crippen LogP contribution in [-0.4, -0.2) is 18.1 Å². The van der Waals surface area contributed by atoms with Crippen molar-refractivity contribution in [3.8, 4) is 11.5 Å². The quantitative estimate of drug-likeness (QED) is 0.759. The van der Waals surface area contributed by atoms with E-state index in [0.717, 1.165) is 5.75 Å². The van der Waals surface area contributed by atoms with Crippen LogP contribution in [0.3, 0.4) is 0 Å². The Labute approximate surface area is 98.8 Å². The largest absolute Gasteiger partial charge is 0.464 e. The van der Waals surface area contributed by atoms with E-state index >= 15 is 0 Å². The van der Waals surface area contributed by atoms with Gasteiger partial charge in [-0.3, -0.25) is 0 Å². The molecule has 0 N–H and O–H groups in total. The fourth-order valence-electron chi connectivity index (χ4n) is 1.29. The minimum atomic E-state index is -0.462. The first-order chi connectivity index (χ1) is 8.29. The third-order valence-corrected chi connectivity index (χ3v) is 2.11. The molecule has 1 aromatic carbocycles. The Balaban J connectivity index is 2.11. The molecule has 17 heavy (non-hydrogen) atoms. The van der Waals surface area contributed by atoms with Gasteiger partial charge >= 0.3 is 5.97 Å². The lowest BCUT2D eigenvalue weighted by molar-refractivity contribution is 0.0594. The van der Waals surface area contributed by atoms with Gasteiger partial charge in [0.15, 0.2) is 0 Å². The van der Waals surface area contributed by atoms with E-state index in [0.29, 0.717) is 5.75 Å². The van der Waals surface area contributed by atoms with Gasteiger partial charge in [-0.05, 0) is 24.3 Å². The van der Waals surface area contributed by atoms with Crippen molar-refractivity contribution in [1.82, 2.24) is 4.98 Å². The van der Waals surface area contributed by atoms with Gasteiger partial charge in [0, 0.05) is 0 Å². The molecule has 0 radical (unpaired) electrons. The molecule has 0 unspecified atom stereocenters. The van der Waals surface area contributed by atoms with Crippen LogP contribution < -0.4 is 4.74 Å². The number of methoxy groups -OCH3 is 1. The number of para-hydroxylation sites is 1. The Bertz CT molecular complexity index is 494. The van der Waals surface area contributed by atoms with Crippen molar-refractivity contribution in [2.24, 2.45) is 0 Å². The number of esters is 1. The maximum atomic E-state index is 11.2. The highest BCUT2D eigenvalue weighted by Crippen LogP contribution is 2.19. The number of carbonyl (C=O) groups is 1. The highest BCUT2D eigenvalue weighted by atomic mass is 16.5. The lowest BCUT2D eigenvalue weighted by atomic mass is 10.3. The Morgan fingerprint density at radius 3 is 2.41 bits per heavy atom. The summed E-state index contributed by atoms with van der Waals surface area (Å²) in [7, 11) is 1.32. The van der Waals surface area contributed by atoms with Gasteiger partial charge in [0.2, 0.25) is 0 Å². The summed E-state index contributed by atoms with van der Waals surface area (Å²) >= 11 is 0. The van der Waals surface area contributed by atoms with Crippen LogP contribution in [-0.2, 0) is 4.74 Å². The van der Waals surface area contributed by atoms with Crippen LogP contribution in [0.5, 0.6) is 11.5 Å². The van der Waals surface area contributed by atoms with Gasteiger partial charge in [0.25, 0.3) is 0 Å². The van der Waals surface area contributed by atoms with Gasteiger partial charge in [-0.15, -0.1) is 0 Å². The molecule has 0 spiro atoms. The standard InChI is InChI=1S/C13H11NO3/c1-16-13(15)12-8-7-11(9-14-12)17-10-5-3-2-4-6-10/h2-9H,1H3. The van der Waals surface area contributed by atoms with E-state index in [4.69, 9.17) is 4.74 Å². The van der Waals surface area contributed by atoms with E-state index in [1.54, 1.807) is 12.1 Å². The fourth-order valence-corrected chi connectivity index (χ4v) is 1.29. The molecule has 0 atom stereocenters. The van der Waals surface area contributed by atoms with Crippen LogP contribution in [0.25, 0.3) is 0 Å².